The van der Waals surface area contributed by atoms with Gasteiger partial charge in [-0.2, -0.15) is 0 Å². The quantitative estimate of drug-likeness (QED) is 0.436. The summed E-state index contributed by atoms with van der Waals surface area (Å²) in [4.78, 5) is 49.2. The Labute approximate surface area is 188 Å². The third-order valence-corrected chi connectivity index (χ3v) is 5.02. The lowest BCUT2D eigenvalue weighted by atomic mass is 10.1. The summed E-state index contributed by atoms with van der Waals surface area (Å²) in [6.45, 7) is 3.15. The fourth-order valence-corrected chi connectivity index (χ4v) is 3.23. The summed E-state index contributed by atoms with van der Waals surface area (Å²) >= 11 is 0. The maximum atomic E-state index is 12.8. The number of anilines is 2. The van der Waals surface area contributed by atoms with Crippen molar-refractivity contribution in [3.63, 3.8) is 0 Å². The number of carbonyl (C=O) groups is 4. The van der Waals surface area contributed by atoms with Crippen LogP contribution in [0.25, 0.3) is 0 Å². The van der Waals surface area contributed by atoms with Gasteiger partial charge in [0.2, 0.25) is 5.78 Å². The molecule has 9 nitrogen and oxygen atoms in total. The number of carbonyl (C=O) groups excluding carboxylic acids is 4. The van der Waals surface area contributed by atoms with Crippen LogP contribution in [0.2, 0.25) is 0 Å². The van der Waals surface area contributed by atoms with E-state index in [1.807, 2.05) is 0 Å². The highest BCUT2D eigenvalue weighted by atomic mass is 16.5. The van der Waals surface area contributed by atoms with Gasteiger partial charge in [0, 0.05) is 11.3 Å². The second-order valence-corrected chi connectivity index (χ2v) is 7.42. The highest BCUT2D eigenvalue weighted by Crippen LogP contribution is 2.29. The number of benzene rings is 2. The molecule has 1 aromatic heterocycles. The molecular weight excluding hydrogens is 428 g/mol. The molecule has 168 valence electrons. The van der Waals surface area contributed by atoms with Crippen molar-refractivity contribution >= 4 is 34.9 Å². The number of esters is 1. The lowest BCUT2D eigenvalue weighted by Gasteiger charge is -2.19. The summed E-state index contributed by atoms with van der Waals surface area (Å²) in [5.41, 5.74) is 1.95. The fraction of sp³-hybridized carbons (Fsp3) is 0.167. The number of ketones is 1. The minimum atomic E-state index is -1.08. The Bertz CT molecular complexity index is 1250. The van der Waals surface area contributed by atoms with Gasteiger partial charge in [0.05, 0.1) is 17.5 Å². The number of hydrogen-bond donors (Lipinski definition) is 2. The van der Waals surface area contributed by atoms with E-state index in [4.69, 9.17) is 13.9 Å². The normalized spacial score (nSPS) is 13.2. The molecule has 2 aromatic carbocycles. The topological polar surface area (TPSA) is 124 Å². The van der Waals surface area contributed by atoms with E-state index in [9.17, 15) is 19.2 Å². The van der Waals surface area contributed by atoms with Gasteiger partial charge in [0.1, 0.15) is 5.75 Å². The molecule has 2 amide bonds. The summed E-state index contributed by atoms with van der Waals surface area (Å²) in [7, 11) is 0. The van der Waals surface area contributed by atoms with Gasteiger partial charge in [-0.15, -0.1) is 0 Å². The second kappa shape index (κ2) is 8.99. The zero-order valence-corrected chi connectivity index (χ0v) is 17.8. The SMILES string of the molecule is Cc1ccc(C(=O)OC(C)C(=O)c2ccc3c(c2)NC(=O)CO3)cc1NC(=O)c1ccco1. The summed E-state index contributed by atoms with van der Waals surface area (Å²) < 4.78 is 15.7. The maximum absolute atomic E-state index is 12.8. The predicted molar refractivity (Wildman–Crippen MR) is 118 cm³/mol. The molecule has 1 aliphatic heterocycles. The number of ether oxygens (including phenoxy) is 2. The molecule has 33 heavy (non-hydrogen) atoms. The number of amides is 2. The molecule has 1 unspecified atom stereocenters. The molecule has 0 saturated heterocycles. The van der Waals surface area contributed by atoms with Crippen molar-refractivity contribution in [3.8, 4) is 5.75 Å². The molecule has 0 saturated carbocycles. The van der Waals surface area contributed by atoms with E-state index in [0.717, 1.165) is 5.56 Å². The number of rotatable bonds is 6. The molecule has 0 spiro atoms. The molecule has 0 bridgehead atoms. The third kappa shape index (κ3) is 4.77. The van der Waals surface area contributed by atoms with Crippen LogP contribution in [-0.4, -0.2) is 36.3 Å². The molecule has 9 heteroatoms. The number of fused-ring (bicyclic) bond motifs is 1. The first kappa shape index (κ1) is 21.8. The first-order valence-corrected chi connectivity index (χ1v) is 10.1. The van der Waals surface area contributed by atoms with Crippen molar-refractivity contribution in [2.45, 2.75) is 20.0 Å². The third-order valence-electron chi connectivity index (χ3n) is 5.02. The minimum Gasteiger partial charge on any atom is -0.482 e. The molecule has 2 N–H and O–H groups in total. The number of aryl methyl sites for hydroxylation is 1. The lowest BCUT2D eigenvalue weighted by Crippen LogP contribution is -2.27. The van der Waals surface area contributed by atoms with Crippen molar-refractivity contribution < 1.29 is 33.1 Å². The predicted octanol–water partition coefficient (Wildman–Crippen LogP) is 3.60. The Morgan fingerprint density at radius 2 is 1.88 bits per heavy atom. The zero-order chi connectivity index (χ0) is 23.5. The zero-order valence-electron chi connectivity index (χ0n) is 17.8. The molecule has 0 fully saturated rings. The Balaban J connectivity index is 1.45. The van der Waals surface area contributed by atoms with Crippen LogP contribution < -0.4 is 15.4 Å². The maximum Gasteiger partial charge on any atom is 0.338 e. The van der Waals surface area contributed by atoms with Crippen LogP contribution in [0.4, 0.5) is 11.4 Å². The minimum absolute atomic E-state index is 0.0885. The van der Waals surface area contributed by atoms with Crippen LogP contribution in [0.3, 0.4) is 0 Å². The first-order valence-electron chi connectivity index (χ1n) is 10.1. The molecule has 0 radical (unpaired) electrons. The number of Topliss-reactive ketones (excluding diaryl/α,β-unsaturated/α-hetero) is 1. The summed E-state index contributed by atoms with van der Waals surface area (Å²) in [5.74, 6) is -1.35. The fourth-order valence-electron chi connectivity index (χ4n) is 3.23. The van der Waals surface area contributed by atoms with Crippen LogP contribution in [0.5, 0.6) is 5.75 Å². The van der Waals surface area contributed by atoms with Crippen molar-refractivity contribution in [2.24, 2.45) is 0 Å². The molecule has 2 heterocycles. The van der Waals surface area contributed by atoms with Gasteiger partial charge in [-0.05, 0) is 61.9 Å². The average molecular weight is 448 g/mol. The molecule has 1 atom stereocenters. The van der Waals surface area contributed by atoms with Crippen LogP contribution in [0.1, 0.15) is 43.8 Å². The lowest BCUT2D eigenvalue weighted by molar-refractivity contribution is -0.118. The van der Waals surface area contributed by atoms with Crippen LogP contribution in [-0.2, 0) is 9.53 Å². The smallest absolute Gasteiger partial charge is 0.338 e. The summed E-state index contributed by atoms with van der Waals surface area (Å²) in [6.07, 6.45) is 0.301. The molecular formula is C24H20N2O7. The Hall–Kier alpha value is -4.40. The van der Waals surface area contributed by atoms with Crippen LogP contribution >= 0.6 is 0 Å². The van der Waals surface area contributed by atoms with Gasteiger partial charge >= 0.3 is 5.97 Å². The molecule has 1 aliphatic rings. The number of furan rings is 1. The summed E-state index contributed by atoms with van der Waals surface area (Å²) in [5, 5.41) is 5.32. The Morgan fingerprint density at radius 3 is 2.64 bits per heavy atom. The first-order chi connectivity index (χ1) is 15.8. The standard InChI is InChI=1S/C24H20N2O7/c1-13-5-6-16(11-17(13)26-23(29)20-4-3-9-31-20)24(30)33-14(2)22(28)15-7-8-19-18(10-15)25-21(27)12-32-19/h3-11,14H,12H2,1-2H3,(H,25,27)(H,26,29). The second-order valence-electron chi connectivity index (χ2n) is 7.42. The Morgan fingerprint density at radius 1 is 1.09 bits per heavy atom. The molecule has 0 aliphatic carbocycles. The van der Waals surface area contributed by atoms with Gasteiger partial charge in [-0.1, -0.05) is 6.07 Å². The van der Waals surface area contributed by atoms with E-state index in [2.05, 4.69) is 10.6 Å². The van der Waals surface area contributed by atoms with E-state index < -0.39 is 23.8 Å². The van der Waals surface area contributed by atoms with Crippen molar-refractivity contribution in [1.82, 2.24) is 0 Å². The number of hydrogen-bond acceptors (Lipinski definition) is 7. The molecule has 4 rings (SSSR count). The van der Waals surface area contributed by atoms with Gasteiger partial charge in [0.15, 0.2) is 18.5 Å². The van der Waals surface area contributed by atoms with Crippen molar-refractivity contribution in [2.75, 3.05) is 17.2 Å². The van der Waals surface area contributed by atoms with Crippen LogP contribution in [0.15, 0.2) is 59.2 Å². The molecule has 3 aromatic rings. The van der Waals surface area contributed by atoms with Gasteiger partial charge in [-0.25, -0.2) is 4.79 Å². The van der Waals surface area contributed by atoms with E-state index >= 15 is 0 Å². The average Bonchev–Trinajstić information content (AvgIpc) is 3.34. The van der Waals surface area contributed by atoms with Gasteiger partial charge < -0.3 is 24.5 Å². The van der Waals surface area contributed by atoms with E-state index in [-0.39, 0.29) is 29.4 Å². The van der Waals surface area contributed by atoms with Crippen molar-refractivity contribution in [1.29, 1.82) is 0 Å². The highest BCUT2D eigenvalue weighted by Gasteiger charge is 2.24. The van der Waals surface area contributed by atoms with Crippen LogP contribution in [0, 0.1) is 6.92 Å². The van der Waals surface area contributed by atoms with E-state index in [1.54, 1.807) is 31.2 Å². The van der Waals surface area contributed by atoms with Gasteiger partial charge in [-0.3, -0.25) is 14.4 Å². The van der Waals surface area contributed by atoms with Gasteiger partial charge in [0.25, 0.3) is 11.8 Å². The van der Waals surface area contributed by atoms with Crippen molar-refractivity contribution in [3.05, 3.63) is 77.2 Å². The number of nitrogens with one attached hydrogen (secondary N) is 2. The summed E-state index contributed by atoms with van der Waals surface area (Å²) in [6, 6.07) is 12.4. The van der Waals surface area contributed by atoms with E-state index in [0.29, 0.717) is 17.1 Å². The Kier molecular flexibility index (Phi) is 5.95. The highest BCUT2D eigenvalue weighted by molar-refractivity contribution is 6.05. The van der Waals surface area contributed by atoms with E-state index in [1.165, 1.54) is 37.5 Å². The monoisotopic (exact) mass is 448 g/mol. The largest absolute Gasteiger partial charge is 0.482 e.